The Morgan fingerprint density at radius 1 is 1.03 bits per heavy atom. The summed E-state index contributed by atoms with van der Waals surface area (Å²) in [4.78, 5) is 23.8. The fourth-order valence-electron chi connectivity index (χ4n) is 4.76. The van der Waals surface area contributed by atoms with Crippen LogP contribution < -0.4 is 4.74 Å². The molecule has 6 nitrogen and oxygen atoms in total. The van der Waals surface area contributed by atoms with Crippen LogP contribution in [0.15, 0.2) is 59.8 Å². The zero-order valence-corrected chi connectivity index (χ0v) is 22.2. The van der Waals surface area contributed by atoms with Gasteiger partial charge in [-0.1, -0.05) is 41.6 Å². The van der Waals surface area contributed by atoms with Crippen LogP contribution in [0.2, 0.25) is 0 Å². The monoisotopic (exact) mass is 541 g/mol. The average Bonchev–Trinajstić information content (AvgIpc) is 2.90. The number of carbonyl (C=O) groups excluding carboxylic acids is 1. The van der Waals surface area contributed by atoms with Crippen molar-refractivity contribution >= 4 is 5.97 Å². The molecular formula is C30H30F3NO5. The van der Waals surface area contributed by atoms with Crippen molar-refractivity contribution in [2.45, 2.75) is 58.0 Å². The van der Waals surface area contributed by atoms with Crippen LogP contribution in [0.5, 0.6) is 5.75 Å². The molecule has 206 valence electrons. The van der Waals surface area contributed by atoms with E-state index in [1.165, 1.54) is 6.07 Å². The minimum atomic E-state index is -4.78. The third-order valence-electron chi connectivity index (χ3n) is 6.41. The molecule has 0 spiro atoms. The van der Waals surface area contributed by atoms with Gasteiger partial charge in [-0.2, -0.15) is 18.1 Å². The van der Waals surface area contributed by atoms with Crippen molar-refractivity contribution in [1.82, 2.24) is 0 Å². The van der Waals surface area contributed by atoms with Gasteiger partial charge in [0.1, 0.15) is 12.3 Å². The van der Waals surface area contributed by atoms with Crippen LogP contribution >= 0.6 is 0 Å². The lowest BCUT2D eigenvalue weighted by Crippen LogP contribution is -2.30. The van der Waals surface area contributed by atoms with E-state index in [0.717, 1.165) is 25.2 Å². The molecule has 3 aromatic rings. The number of halogens is 3. The summed E-state index contributed by atoms with van der Waals surface area (Å²) >= 11 is 0. The number of nitrogens with zero attached hydrogens (tertiary/aromatic N) is 1. The summed E-state index contributed by atoms with van der Waals surface area (Å²) in [7, 11) is 1.12. The summed E-state index contributed by atoms with van der Waals surface area (Å²) < 4.78 is 60.4. The molecule has 1 unspecified atom stereocenters. The zero-order valence-electron chi connectivity index (χ0n) is 22.2. The highest BCUT2D eigenvalue weighted by Crippen LogP contribution is 2.47. The molecule has 0 fully saturated rings. The molecule has 1 aliphatic rings. The number of rotatable bonds is 7. The predicted octanol–water partition coefficient (Wildman–Crippen LogP) is 7.66. The van der Waals surface area contributed by atoms with Crippen LogP contribution in [0.25, 0.3) is 22.3 Å². The molecule has 0 aromatic heterocycles. The van der Waals surface area contributed by atoms with Crippen LogP contribution in [0.3, 0.4) is 0 Å². The van der Waals surface area contributed by atoms with Gasteiger partial charge in [-0.05, 0) is 85.2 Å². The fourth-order valence-corrected chi connectivity index (χ4v) is 4.76. The third kappa shape index (κ3) is 6.30. The maximum Gasteiger partial charge on any atom is 0.416 e. The normalized spacial score (nSPS) is 14.2. The largest absolute Gasteiger partial charge is 0.493 e. The van der Waals surface area contributed by atoms with E-state index in [-0.39, 0.29) is 17.7 Å². The first-order valence-electron chi connectivity index (χ1n) is 12.6. The van der Waals surface area contributed by atoms with E-state index < -0.39 is 29.4 Å². The number of nitroso groups, excluding NO2 is 1. The van der Waals surface area contributed by atoms with Gasteiger partial charge in [0.15, 0.2) is 6.10 Å². The summed E-state index contributed by atoms with van der Waals surface area (Å²) in [6, 6.07) is 14.5. The Bertz CT molecular complexity index is 1360. The highest BCUT2D eigenvalue weighted by atomic mass is 19.4. The number of carbonyl (C=O) groups is 1. The standard InChI is InChI=1S/C30H30F3NO5/c1-29(2,3)39-27(28(35)37-4)26-23(30(31,32)33)13-12-22(19-9-7-18(8-10-19)17-34-36)25(26)21-11-14-24-20(16-21)6-5-15-38-24/h7-14,16,27H,5-6,15,17H2,1-4H3. The first kappa shape index (κ1) is 28.3. The Labute approximate surface area is 225 Å². The summed E-state index contributed by atoms with van der Waals surface area (Å²) in [6.07, 6.45) is -4.96. The molecule has 0 radical (unpaired) electrons. The van der Waals surface area contributed by atoms with Crippen molar-refractivity contribution in [3.8, 4) is 28.0 Å². The lowest BCUT2D eigenvalue weighted by Gasteiger charge is -2.31. The molecule has 0 aliphatic carbocycles. The van der Waals surface area contributed by atoms with Crippen LogP contribution in [0, 0.1) is 4.91 Å². The first-order chi connectivity index (χ1) is 18.4. The van der Waals surface area contributed by atoms with Crippen LogP contribution in [0.4, 0.5) is 13.2 Å². The highest BCUT2D eigenvalue weighted by molar-refractivity contribution is 5.91. The molecule has 9 heteroatoms. The van der Waals surface area contributed by atoms with Crippen LogP contribution in [0.1, 0.15) is 55.5 Å². The van der Waals surface area contributed by atoms with E-state index in [1.807, 2.05) is 6.07 Å². The van der Waals surface area contributed by atoms with Gasteiger partial charge in [-0.15, -0.1) is 0 Å². The lowest BCUT2D eigenvalue weighted by atomic mass is 9.84. The topological polar surface area (TPSA) is 74.2 Å². The maximum atomic E-state index is 14.6. The van der Waals surface area contributed by atoms with Gasteiger partial charge in [-0.3, -0.25) is 0 Å². The first-order valence-corrected chi connectivity index (χ1v) is 12.6. The van der Waals surface area contributed by atoms with Gasteiger partial charge in [0, 0.05) is 5.56 Å². The van der Waals surface area contributed by atoms with Crippen molar-refractivity contribution in [1.29, 1.82) is 0 Å². The van der Waals surface area contributed by atoms with Gasteiger partial charge in [0.05, 0.1) is 24.9 Å². The molecule has 1 heterocycles. The third-order valence-corrected chi connectivity index (χ3v) is 6.41. The van der Waals surface area contributed by atoms with Crippen molar-refractivity contribution < 1.29 is 32.2 Å². The van der Waals surface area contributed by atoms with Crippen molar-refractivity contribution in [2.75, 3.05) is 13.7 Å². The number of benzene rings is 3. The average molecular weight is 542 g/mol. The van der Waals surface area contributed by atoms with Gasteiger partial charge in [-0.25, -0.2) is 4.79 Å². The Kier molecular flexibility index (Phi) is 8.11. The number of aryl methyl sites for hydroxylation is 1. The van der Waals surface area contributed by atoms with Gasteiger partial charge >= 0.3 is 12.1 Å². The van der Waals surface area contributed by atoms with Gasteiger partial charge in [0.2, 0.25) is 0 Å². The highest BCUT2D eigenvalue weighted by Gasteiger charge is 2.42. The number of hydrogen-bond acceptors (Lipinski definition) is 6. The van der Waals surface area contributed by atoms with E-state index in [2.05, 4.69) is 5.18 Å². The molecule has 1 aliphatic heterocycles. The molecular weight excluding hydrogens is 511 g/mol. The SMILES string of the molecule is COC(=O)C(OC(C)(C)C)c1c(C(F)(F)F)ccc(-c2ccc(CN=O)cc2)c1-c1ccc2c(c1)CCCO2. The van der Waals surface area contributed by atoms with E-state index >= 15 is 0 Å². The fraction of sp³-hybridized carbons (Fsp3) is 0.367. The van der Waals surface area contributed by atoms with Gasteiger partial charge < -0.3 is 14.2 Å². The summed E-state index contributed by atoms with van der Waals surface area (Å²) in [5, 5.41) is 2.90. The molecule has 0 bridgehead atoms. The molecule has 1 atom stereocenters. The van der Waals surface area contributed by atoms with Crippen molar-refractivity contribution in [3.63, 3.8) is 0 Å². The Morgan fingerprint density at radius 2 is 1.72 bits per heavy atom. The quantitative estimate of drug-likeness (QED) is 0.227. The maximum absolute atomic E-state index is 14.6. The summed E-state index contributed by atoms with van der Waals surface area (Å²) in [6.45, 7) is 5.53. The number of fused-ring (bicyclic) bond motifs is 1. The molecule has 0 saturated heterocycles. The molecule has 0 N–H and O–H groups in total. The molecule has 39 heavy (non-hydrogen) atoms. The lowest BCUT2D eigenvalue weighted by molar-refractivity contribution is -0.166. The van der Waals surface area contributed by atoms with Gasteiger partial charge in [0.25, 0.3) is 0 Å². The smallest absolute Gasteiger partial charge is 0.416 e. The van der Waals surface area contributed by atoms with E-state index in [0.29, 0.717) is 41.0 Å². The van der Waals surface area contributed by atoms with Crippen molar-refractivity contribution in [2.24, 2.45) is 5.18 Å². The Balaban J connectivity index is 2.09. The second kappa shape index (κ2) is 11.2. The number of ether oxygens (including phenoxy) is 3. The zero-order chi connectivity index (χ0) is 28.4. The van der Waals surface area contributed by atoms with Crippen LogP contribution in [-0.2, 0) is 33.4 Å². The van der Waals surface area contributed by atoms with Crippen molar-refractivity contribution in [3.05, 3.63) is 81.8 Å². The number of methoxy groups -OCH3 is 1. The van der Waals surface area contributed by atoms with Crippen LogP contribution in [-0.4, -0.2) is 25.3 Å². The summed E-state index contributed by atoms with van der Waals surface area (Å²) in [5.74, 6) is -0.260. The number of alkyl halides is 3. The summed E-state index contributed by atoms with van der Waals surface area (Å²) in [5.41, 5.74) is 1.01. The minimum absolute atomic E-state index is 0.0277. The number of esters is 1. The minimum Gasteiger partial charge on any atom is -0.493 e. The second-order valence-electron chi connectivity index (χ2n) is 10.3. The van der Waals surface area contributed by atoms with E-state index in [9.17, 15) is 22.9 Å². The van der Waals surface area contributed by atoms with E-state index in [1.54, 1.807) is 57.2 Å². The number of hydrogen-bond donors (Lipinski definition) is 0. The Hall–Kier alpha value is -3.72. The molecule has 0 saturated carbocycles. The van der Waals surface area contributed by atoms with E-state index in [4.69, 9.17) is 14.2 Å². The second-order valence-corrected chi connectivity index (χ2v) is 10.3. The molecule has 4 rings (SSSR count). The predicted molar refractivity (Wildman–Crippen MR) is 141 cm³/mol. The molecule has 3 aromatic carbocycles. The molecule has 0 amide bonds. The Morgan fingerprint density at radius 3 is 2.33 bits per heavy atom.